The number of rotatable bonds is 6. The minimum atomic E-state index is -0.958. The van der Waals surface area contributed by atoms with Crippen LogP contribution >= 0.6 is 0 Å². The molecular weight excluding hydrogens is 271 g/mol. The van der Waals surface area contributed by atoms with E-state index in [2.05, 4.69) is 5.32 Å². The van der Waals surface area contributed by atoms with Crippen molar-refractivity contribution in [3.63, 3.8) is 0 Å². The molecule has 2 rings (SSSR count). The first-order valence-corrected chi connectivity index (χ1v) is 7.29. The van der Waals surface area contributed by atoms with E-state index in [9.17, 15) is 9.18 Å². The van der Waals surface area contributed by atoms with Crippen LogP contribution in [0.25, 0.3) is 0 Å². The average molecular weight is 294 g/mol. The molecule has 0 aliphatic heterocycles. The summed E-state index contributed by atoms with van der Waals surface area (Å²) < 4.78 is 19.4. The van der Waals surface area contributed by atoms with Crippen molar-refractivity contribution in [2.75, 3.05) is 6.61 Å². The lowest BCUT2D eigenvalue weighted by Gasteiger charge is -2.22. The molecule has 3 N–H and O–H groups in total. The second-order valence-corrected chi connectivity index (χ2v) is 6.36. The Balaban J connectivity index is 1.99. The fourth-order valence-electron chi connectivity index (χ4n) is 1.86. The molecule has 1 saturated carbocycles. The van der Waals surface area contributed by atoms with Gasteiger partial charge in [0.25, 0.3) is 0 Å². The number of hydrogen-bond donors (Lipinski definition) is 2. The van der Waals surface area contributed by atoms with Crippen molar-refractivity contribution in [2.24, 2.45) is 11.7 Å². The zero-order valence-electron chi connectivity index (χ0n) is 12.8. The van der Waals surface area contributed by atoms with Crippen LogP contribution in [0.1, 0.15) is 45.2 Å². The Bertz CT molecular complexity index is 521. The molecular formula is C16H23FN2O2. The summed E-state index contributed by atoms with van der Waals surface area (Å²) >= 11 is 0. The molecule has 0 heterocycles. The lowest BCUT2D eigenvalue weighted by Crippen LogP contribution is -2.49. The molecule has 1 aromatic carbocycles. The fourth-order valence-corrected chi connectivity index (χ4v) is 1.86. The van der Waals surface area contributed by atoms with Crippen LogP contribution in [0.3, 0.4) is 0 Å². The highest BCUT2D eigenvalue weighted by Gasteiger charge is 2.24. The summed E-state index contributed by atoms with van der Waals surface area (Å²) in [7, 11) is 0. The second-order valence-electron chi connectivity index (χ2n) is 6.36. The summed E-state index contributed by atoms with van der Waals surface area (Å²) in [5.74, 6) is 0.170. The van der Waals surface area contributed by atoms with E-state index < -0.39 is 11.4 Å². The smallest absolute Gasteiger partial charge is 0.239 e. The van der Waals surface area contributed by atoms with E-state index in [4.69, 9.17) is 10.5 Å². The van der Waals surface area contributed by atoms with Crippen LogP contribution in [0, 0.1) is 11.7 Å². The third-order valence-corrected chi connectivity index (χ3v) is 3.56. The molecule has 0 saturated heterocycles. The third kappa shape index (κ3) is 4.43. The van der Waals surface area contributed by atoms with E-state index in [1.165, 1.54) is 6.07 Å². The first kappa shape index (κ1) is 15.8. The predicted octanol–water partition coefficient (Wildman–Crippen LogP) is 2.53. The van der Waals surface area contributed by atoms with E-state index in [-0.39, 0.29) is 17.7 Å². The van der Waals surface area contributed by atoms with Crippen LogP contribution in [-0.4, -0.2) is 18.1 Å². The maximum Gasteiger partial charge on any atom is 0.239 e. The molecule has 116 valence electrons. The Morgan fingerprint density at radius 3 is 2.71 bits per heavy atom. The number of benzene rings is 1. The van der Waals surface area contributed by atoms with Gasteiger partial charge in [-0.25, -0.2) is 4.39 Å². The molecule has 0 bridgehead atoms. The number of carbonyl (C=O) groups excluding carboxylic acids is 1. The van der Waals surface area contributed by atoms with E-state index in [1.807, 2.05) is 0 Å². The summed E-state index contributed by atoms with van der Waals surface area (Å²) in [5, 5.41) is 2.77. The van der Waals surface area contributed by atoms with Gasteiger partial charge in [0.2, 0.25) is 5.91 Å². The Morgan fingerprint density at radius 1 is 1.52 bits per heavy atom. The Kier molecular flexibility index (Phi) is 4.52. The number of nitrogens with two attached hydrogens (primary N) is 1. The minimum Gasteiger partial charge on any atom is -0.490 e. The van der Waals surface area contributed by atoms with Crippen LogP contribution in [0.15, 0.2) is 18.2 Å². The van der Waals surface area contributed by atoms with Crippen molar-refractivity contribution < 1.29 is 13.9 Å². The largest absolute Gasteiger partial charge is 0.490 e. The lowest BCUT2D eigenvalue weighted by atomic mass is 10.0. The van der Waals surface area contributed by atoms with Gasteiger partial charge in [0, 0.05) is 0 Å². The van der Waals surface area contributed by atoms with Gasteiger partial charge >= 0.3 is 0 Å². The van der Waals surface area contributed by atoms with Crippen LogP contribution in [0.4, 0.5) is 4.39 Å². The molecule has 1 aliphatic rings. The SMILES string of the molecule is CC(NC(=O)C(C)(C)N)c1ccc(OCC2CC2)c(F)c1. The number of hydrogen-bond acceptors (Lipinski definition) is 3. The van der Waals surface area contributed by atoms with Crippen LogP contribution < -0.4 is 15.8 Å². The molecule has 1 atom stereocenters. The maximum atomic E-state index is 14.0. The van der Waals surface area contributed by atoms with Crippen molar-refractivity contribution in [3.05, 3.63) is 29.6 Å². The number of ether oxygens (including phenoxy) is 1. The van der Waals surface area contributed by atoms with E-state index >= 15 is 0 Å². The molecule has 1 fully saturated rings. The molecule has 0 spiro atoms. The van der Waals surface area contributed by atoms with Gasteiger partial charge in [0.1, 0.15) is 0 Å². The summed E-state index contributed by atoms with van der Waals surface area (Å²) in [6, 6.07) is 4.46. The van der Waals surface area contributed by atoms with E-state index in [1.54, 1.807) is 32.9 Å². The average Bonchev–Trinajstić information content (AvgIpc) is 3.20. The predicted molar refractivity (Wildman–Crippen MR) is 79.4 cm³/mol. The summed E-state index contributed by atoms with van der Waals surface area (Å²) in [6.07, 6.45) is 2.33. The van der Waals surface area contributed by atoms with Crippen molar-refractivity contribution in [1.29, 1.82) is 0 Å². The summed E-state index contributed by atoms with van der Waals surface area (Å²) in [4.78, 5) is 11.8. The van der Waals surface area contributed by atoms with Gasteiger partial charge in [-0.1, -0.05) is 6.07 Å². The monoisotopic (exact) mass is 294 g/mol. The number of amides is 1. The fraction of sp³-hybridized carbons (Fsp3) is 0.562. The van der Waals surface area contributed by atoms with Gasteiger partial charge in [-0.2, -0.15) is 0 Å². The van der Waals surface area contributed by atoms with Crippen molar-refractivity contribution in [2.45, 2.75) is 45.2 Å². The molecule has 0 aromatic heterocycles. The quantitative estimate of drug-likeness (QED) is 0.847. The number of carbonyl (C=O) groups is 1. The summed E-state index contributed by atoms with van der Waals surface area (Å²) in [6.45, 7) is 5.63. The van der Waals surface area contributed by atoms with Gasteiger partial charge in [0.15, 0.2) is 11.6 Å². The molecule has 5 heteroatoms. The molecule has 21 heavy (non-hydrogen) atoms. The number of nitrogens with one attached hydrogen (secondary N) is 1. The normalized spacial score (nSPS) is 16.4. The Labute approximate surface area is 124 Å². The highest BCUT2D eigenvalue weighted by Crippen LogP contribution is 2.30. The van der Waals surface area contributed by atoms with Crippen LogP contribution in [0.5, 0.6) is 5.75 Å². The standard InChI is InChI=1S/C16H23FN2O2/c1-10(19-15(20)16(2,3)18)12-6-7-14(13(17)8-12)21-9-11-4-5-11/h6-8,10-11H,4-5,9,18H2,1-3H3,(H,19,20). The summed E-state index contributed by atoms with van der Waals surface area (Å²) in [5.41, 5.74) is 5.45. The Hall–Kier alpha value is -1.62. The van der Waals surface area contributed by atoms with Crippen molar-refractivity contribution >= 4 is 5.91 Å². The zero-order valence-corrected chi connectivity index (χ0v) is 12.8. The Morgan fingerprint density at radius 2 is 2.19 bits per heavy atom. The van der Waals surface area contributed by atoms with E-state index in [0.717, 1.165) is 12.8 Å². The highest BCUT2D eigenvalue weighted by molar-refractivity contribution is 5.85. The highest BCUT2D eigenvalue weighted by atomic mass is 19.1. The molecule has 1 amide bonds. The van der Waals surface area contributed by atoms with Crippen molar-refractivity contribution in [1.82, 2.24) is 5.32 Å². The van der Waals surface area contributed by atoms with Gasteiger partial charge in [0.05, 0.1) is 18.2 Å². The molecule has 1 unspecified atom stereocenters. The molecule has 1 aromatic rings. The first-order valence-electron chi connectivity index (χ1n) is 7.29. The van der Waals surface area contributed by atoms with Gasteiger partial charge < -0.3 is 15.8 Å². The lowest BCUT2D eigenvalue weighted by molar-refractivity contribution is -0.125. The number of halogens is 1. The topological polar surface area (TPSA) is 64.4 Å². The maximum absolute atomic E-state index is 14.0. The molecule has 0 radical (unpaired) electrons. The van der Waals surface area contributed by atoms with Crippen LogP contribution in [-0.2, 0) is 4.79 Å². The third-order valence-electron chi connectivity index (χ3n) is 3.56. The second kappa shape index (κ2) is 6.02. The van der Waals surface area contributed by atoms with E-state index in [0.29, 0.717) is 18.1 Å². The van der Waals surface area contributed by atoms with Gasteiger partial charge in [-0.05, 0) is 57.2 Å². The van der Waals surface area contributed by atoms with Gasteiger partial charge in [-0.3, -0.25) is 4.79 Å². The van der Waals surface area contributed by atoms with Crippen molar-refractivity contribution in [3.8, 4) is 5.75 Å². The van der Waals surface area contributed by atoms with Crippen LogP contribution in [0.2, 0.25) is 0 Å². The minimum absolute atomic E-state index is 0.267. The molecule has 4 nitrogen and oxygen atoms in total. The molecule has 1 aliphatic carbocycles. The first-order chi connectivity index (χ1) is 9.77. The zero-order chi connectivity index (χ0) is 15.6. The van der Waals surface area contributed by atoms with Gasteiger partial charge in [-0.15, -0.1) is 0 Å².